The Bertz CT molecular complexity index is 765. The maximum Gasteiger partial charge on any atom is 0.425 e. The lowest BCUT2D eigenvalue weighted by atomic mass is 10.1. The summed E-state index contributed by atoms with van der Waals surface area (Å²) >= 11 is 0. The van der Waals surface area contributed by atoms with E-state index in [1.54, 1.807) is 0 Å². The van der Waals surface area contributed by atoms with Crippen molar-refractivity contribution in [3.63, 3.8) is 0 Å². The van der Waals surface area contributed by atoms with Gasteiger partial charge in [-0.05, 0) is 31.2 Å². The number of aromatic nitrogens is 1. The Kier molecular flexibility index (Phi) is 4.81. The van der Waals surface area contributed by atoms with Crippen molar-refractivity contribution in [2.45, 2.75) is 25.4 Å². The zero-order valence-electron chi connectivity index (χ0n) is 13.8. The highest BCUT2D eigenvalue weighted by Crippen LogP contribution is 2.37. The Hall–Kier alpha value is -2.69. The number of hydrazine groups is 1. The third-order valence-electron chi connectivity index (χ3n) is 3.70. The fourth-order valence-corrected chi connectivity index (χ4v) is 2.38. The fraction of sp³-hybridized carbons (Fsp3) is 0.400. The number of methoxy groups -OCH3 is 1. The van der Waals surface area contributed by atoms with Crippen molar-refractivity contribution in [3.8, 4) is 5.88 Å². The molecular weight excluding hydrogens is 358 g/mol. The first kappa shape index (κ1) is 18.1. The zero-order valence-corrected chi connectivity index (χ0v) is 13.8. The van der Waals surface area contributed by atoms with Gasteiger partial charge in [0.1, 0.15) is 5.70 Å². The van der Waals surface area contributed by atoms with Gasteiger partial charge in [0.2, 0.25) is 5.88 Å². The lowest BCUT2D eigenvalue weighted by molar-refractivity contribution is -0.190. The largest absolute Gasteiger partial charge is 0.464 e. The van der Waals surface area contributed by atoms with Crippen molar-refractivity contribution in [2.24, 2.45) is 10.2 Å². The lowest BCUT2D eigenvalue weighted by Gasteiger charge is -2.33. The van der Waals surface area contributed by atoms with Crippen LogP contribution in [0.15, 0.2) is 46.5 Å². The smallest absolute Gasteiger partial charge is 0.425 e. The molecule has 1 aromatic heterocycles. The molecule has 7 nitrogen and oxygen atoms in total. The Morgan fingerprint density at radius 1 is 1.31 bits per heavy atom. The fourth-order valence-electron chi connectivity index (χ4n) is 2.38. The van der Waals surface area contributed by atoms with Crippen LogP contribution in [0.4, 0.5) is 17.7 Å². The molecule has 0 N–H and O–H groups in total. The molecule has 1 aromatic rings. The maximum atomic E-state index is 15.0. The number of alkyl halides is 3. The first-order chi connectivity index (χ1) is 12.3. The normalized spacial score (nSPS) is 20.6. The van der Waals surface area contributed by atoms with E-state index >= 15 is 0 Å². The first-order valence-electron chi connectivity index (χ1n) is 7.58. The van der Waals surface area contributed by atoms with Crippen molar-refractivity contribution in [1.29, 1.82) is 0 Å². The van der Waals surface area contributed by atoms with Crippen LogP contribution in [0.5, 0.6) is 5.88 Å². The van der Waals surface area contributed by atoms with Gasteiger partial charge in [0.25, 0.3) is 0 Å². The molecule has 1 unspecified atom stereocenters. The minimum atomic E-state index is -4.57. The summed E-state index contributed by atoms with van der Waals surface area (Å²) in [5, 5.41) is 9.13. The second-order valence-corrected chi connectivity index (χ2v) is 5.49. The zero-order chi connectivity index (χ0) is 18.9. The summed E-state index contributed by atoms with van der Waals surface area (Å²) < 4.78 is 63.2. The van der Waals surface area contributed by atoms with Gasteiger partial charge in [0.15, 0.2) is 18.1 Å². The van der Waals surface area contributed by atoms with E-state index in [1.165, 1.54) is 37.6 Å². The first-order valence-corrected chi connectivity index (χ1v) is 7.58. The van der Waals surface area contributed by atoms with Crippen molar-refractivity contribution in [1.82, 2.24) is 15.2 Å². The SMILES string of the molecule is COCC1N=NC2=CC=C(c3cccnc3O[C@@H](C)C(F)(F)F)N(F)N21. The summed E-state index contributed by atoms with van der Waals surface area (Å²) in [6, 6.07) is 2.89. The summed E-state index contributed by atoms with van der Waals surface area (Å²) in [4.78, 5) is 3.82. The van der Waals surface area contributed by atoms with Gasteiger partial charge >= 0.3 is 6.18 Å². The molecule has 0 aromatic carbocycles. The molecule has 0 fully saturated rings. The Morgan fingerprint density at radius 2 is 2.08 bits per heavy atom. The molecule has 3 rings (SSSR count). The molecule has 2 aliphatic heterocycles. The average Bonchev–Trinajstić information content (AvgIpc) is 2.99. The Balaban J connectivity index is 1.92. The quantitative estimate of drug-likeness (QED) is 0.584. The van der Waals surface area contributed by atoms with E-state index in [4.69, 9.17) is 9.47 Å². The van der Waals surface area contributed by atoms with Crippen molar-refractivity contribution < 1.29 is 27.1 Å². The van der Waals surface area contributed by atoms with E-state index in [0.717, 1.165) is 11.9 Å². The maximum absolute atomic E-state index is 15.0. The van der Waals surface area contributed by atoms with Crippen molar-refractivity contribution >= 4 is 5.70 Å². The van der Waals surface area contributed by atoms with Crippen LogP contribution in [-0.4, -0.2) is 47.4 Å². The van der Waals surface area contributed by atoms with E-state index < -0.39 is 18.4 Å². The third kappa shape index (κ3) is 3.34. The van der Waals surface area contributed by atoms with E-state index in [-0.39, 0.29) is 34.8 Å². The molecular formula is C15H15F4N5O2. The number of halogens is 4. The predicted molar refractivity (Wildman–Crippen MR) is 81.7 cm³/mol. The molecule has 2 aliphatic rings. The van der Waals surface area contributed by atoms with Crippen LogP contribution < -0.4 is 4.74 Å². The van der Waals surface area contributed by atoms with Crippen LogP contribution in [0, 0.1) is 0 Å². The number of azo groups is 1. The van der Waals surface area contributed by atoms with E-state index in [1.807, 2.05) is 0 Å². The monoisotopic (exact) mass is 373 g/mol. The number of fused-ring (bicyclic) bond motifs is 1. The molecule has 11 heteroatoms. The van der Waals surface area contributed by atoms with Gasteiger partial charge in [-0.15, -0.1) is 10.3 Å². The van der Waals surface area contributed by atoms with Crippen LogP contribution >= 0.6 is 0 Å². The number of allylic oxidation sites excluding steroid dienone is 2. The van der Waals surface area contributed by atoms with Crippen LogP contribution in [0.1, 0.15) is 12.5 Å². The van der Waals surface area contributed by atoms with Crippen molar-refractivity contribution in [3.05, 3.63) is 41.9 Å². The van der Waals surface area contributed by atoms with Crippen LogP contribution in [0.25, 0.3) is 5.70 Å². The van der Waals surface area contributed by atoms with Gasteiger partial charge in [-0.1, -0.05) is 4.48 Å². The second kappa shape index (κ2) is 6.90. The molecule has 140 valence electrons. The van der Waals surface area contributed by atoms with Gasteiger partial charge in [-0.3, -0.25) is 0 Å². The molecule has 0 amide bonds. The number of hydrogen-bond acceptors (Lipinski definition) is 7. The minimum Gasteiger partial charge on any atom is -0.464 e. The molecule has 0 aliphatic carbocycles. The molecule has 3 heterocycles. The molecule has 0 spiro atoms. The third-order valence-corrected chi connectivity index (χ3v) is 3.70. The summed E-state index contributed by atoms with van der Waals surface area (Å²) in [5.74, 6) is -0.0900. The van der Waals surface area contributed by atoms with E-state index in [0.29, 0.717) is 0 Å². The minimum absolute atomic E-state index is 0.0559. The number of rotatable bonds is 5. The standard InChI is InChI=1S/C15H15F4N5O2/c1-9(15(16,17)18)26-14-10(4-3-7-20-14)11-5-6-12-21-22-13(8-25-2)23(12)24(11)19/h3-7,9,13H,8H2,1-2H3/t9-,13?/m0/s1. The second-order valence-electron chi connectivity index (χ2n) is 5.49. The van der Waals surface area contributed by atoms with Crippen molar-refractivity contribution in [2.75, 3.05) is 13.7 Å². The molecule has 26 heavy (non-hydrogen) atoms. The number of pyridine rings is 1. The van der Waals surface area contributed by atoms with E-state index in [2.05, 4.69) is 15.2 Å². The van der Waals surface area contributed by atoms with Gasteiger partial charge in [0.05, 0.1) is 12.2 Å². The average molecular weight is 373 g/mol. The van der Waals surface area contributed by atoms with Gasteiger partial charge in [-0.2, -0.15) is 18.3 Å². The van der Waals surface area contributed by atoms with Crippen LogP contribution in [-0.2, 0) is 4.74 Å². The lowest BCUT2D eigenvalue weighted by Crippen LogP contribution is -2.42. The van der Waals surface area contributed by atoms with Crippen LogP contribution in [0.2, 0.25) is 0 Å². The van der Waals surface area contributed by atoms with Crippen LogP contribution in [0.3, 0.4) is 0 Å². The highest BCUT2D eigenvalue weighted by molar-refractivity contribution is 5.69. The highest BCUT2D eigenvalue weighted by Gasteiger charge is 2.40. The summed E-state index contributed by atoms with van der Waals surface area (Å²) in [6.07, 6.45) is -3.28. The Labute approximate surface area is 146 Å². The number of hydrogen-bond donors (Lipinski definition) is 0. The van der Waals surface area contributed by atoms with Gasteiger partial charge < -0.3 is 9.47 Å². The molecule has 0 bridgehead atoms. The number of nitrogens with zero attached hydrogens (tertiary/aromatic N) is 5. The molecule has 0 saturated heterocycles. The molecule has 2 atom stereocenters. The summed E-state index contributed by atoms with van der Waals surface area (Å²) in [5.41, 5.74) is 0.00379. The van der Waals surface area contributed by atoms with E-state index in [9.17, 15) is 17.7 Å². The van der Waals surface area contributed by atoms with Gasteiger partial charge in [-0.25, -0.2) is 9.99 Å². The number of ether oxygens (including phenoxy) is 2. The molecule has 0 saturated carbocycles. The topological polar surface area (TPSA) is 62.6 Å². The summed E-state index contributed by atoms with van der Waals surface area (Å²) in [6.45, 7) is 0.932. The summed E-state index contributed by atoms with van der Waals surface area (Å²) in [7, 11) is 1.44. The Morgan fingerprint density at radius 3 is 2.77 bits per heavy atom. The predicted octanol–water partition coefficient (Wildman–Crippen LogP) is 3.45. The van der Waals surface area contributed by atoms with Gasteiger partial charge in [0, 0.05) is 13.3 Å². The molecule has 0 radical (unpaired) electrons. The highest BCUT2D eigenvalue weighted by atomic mass is 19.4.